The first-order valence-electron chi connectivity index (χ1n) is 8.69. The van der Waals surface area contributed by atoms with Crippen molar-refractivity contribution >= 4 is 21.9 Å². The Morgan fingerprint density at radius 2 is 1.58 bits per heavy atom. The summed E-state index contributed by atoms with van der Waals surface area (Å²) in [4.78, 5) is 0. The van der Waals surface area contributed by atoms with Gasteiger partial charge in [0.25, 0.3) is 0 Å². The SMILES string of the molecule is CCc1ccc2oc3cc4c(cc3c2c1)-c1ccccc1C4(C)C. The van der Waals surface area contributed by atoms with Crippen molar-refractivity contribution in [2.75, 3.05) is 0 Å². The first-order valence-corrected chi connectivity index (χ1v) is 8.69. The monoisotopic (exact) mass is 312 g/mol. The minimum atomic E-state index is 0.0215. The van der Waals surface area contributed by atoms with Crippen LogP contribution in [0, 0.1) is 0 Å². The van der Waals surface area contributed by atoms with Crippen LogP contribution in [0.25, 0.3) is 33.1 Å². The van der Waals surface area contributed by atoms with Crippen LogP contribution in [0.4, 0.5) is 0 Å². The predicted molar refractivity (Wildman–Crippen MR) is 101 cm³/mol. The molecule has 3 aromatic carbocycles. The van der Waals surface area contributed by atoms with Crippen LogP contribution in [0.2, 0.25) is 0 Å². The van der Waals surface area contributed by atoms with Gasteiger partial charge in [-0.15, -0.1) is 0 Å². The Bertz CT molecular complexity index is 1110. The maximum absolute atomic E-state index is 6.17. The molecule has 1 nitrogen and oxygen atoms in total. The van der Waals surface area contributed by atoms with Crippen molar-refractivity contribution in [2.24, 2.45) is 0 Å². The number of furan rings is 1. The van der Waals surface area contributed by atoms with Gasteiger partial charge in [-0.1, -0.05) is 51.1 Å². The van der Waals surface area contributed by atoms with Crippen LogP contribution in [-0.4, -0.2) is 0 Å². The number of fused-ring (bicyclic) bond motifs is 6. The maximum atomic E-state index is 6.17. The number of aryl methyl sites for hydroxylation is 1. The number of hydrogen-bond donors (Lipinski definition) is 0. The lowest BCUT2D eigenvalue weighted by atomic mass is 9.82. The highest BCUT2D eigenvalue weighted by molar-refractivity contribution is 6.08. The zero-order valence-electron chi connectivity index (χ0n) is 14.3. The quantitative estimate of drug-likeness (QED) is 0.393. The van der Waals surface area contributed by atoms with Crippen molar-refractivity contribution in [1.82, 2.24) is 0 Å². The van der Waals surface area contributed by atoms with Gasteiger partial charge in [0.15, 0.2) is 0 Å². The fourth-order valence-corrected chi connectivity index (χ4v) is 4.24. The fraction of sp³-hybridized carbons (Fsp3) is 0.217. The molecule has 1 aromatic heterocycles. The van der Waals surface area contributed by atoms with Gasteiger partial charge in [0.1, 0.15) is 11.2 Å². The van der Waals surface area contributed by atoms with Gasteiger partial charge in [0.05, 0.1) is 0 Å². The molecule has 118 valence electrons. The van der Waals surface area contributed by atoms with E-state index >= 15 is 0 Å². The van der Waals surface area contributed by atoms with E-state index in [1.165, 1.54) is 38.6 Å². The minimum Gasteiger partial charge on any atom is -0.456 e. The molecular weight excluding hydrogens is 292 g/mol. The van der Waals surface area contributed by atoms with E-state index in [-0.39, 0.29) is 5.41 Å². The Morgan fingerprint density at radius 3 is 2.42 bits per heavy atom. The van der Waals surface area contributed by atoms with Crippen molar-refractivity contribution in [3.63, 3.8) is 0 Å². The van der Waals surface area contributed by atoms with Crippen molar-refractivity contribution in [3.8, 4) is 11.1 Å². The van der Waals surface area contributed by atoms with Gasteiger partial charge in [-0.25, -0.2) is 0 Å². The second kappa shape index (κ2) is 4.51. The molecule has 0 unspecified atom stereocenters. The zero-order valence-corrected chi connectivity index (χ0v) is 14.3. The molecule has 24 heavy (non-hydrogen) atoms. The van der Waals surface area contributed by atoms with E-state index < -0.39 is 0 Å². The smallest absolute Gasteiger partial charge is 0.135 e. The van der Waals surface area contributed by atoms with Crippen molar-refractivity contribution < 1.29 is 4.42 Å². The lowest BCUT2D eigenvalue weighted by Crippen LogP contribution is -2.14. The number of rotatable bonds is 1. The van der Waals surface area contributed by atoms with E-state index in [9.17, 15) is 0 Å². The van der Waals surface area contributed by atoms with Crippen LogP contribution < -0.4 is 0 Å². The van der Waals surface area contributed by atoms with E-state index in [4.69, 9.17) is 4.42 Å². The highest BCUT2D eigenvalue weighted by Gasteiger charge is 2.35. The van der Waals surface area contributed by atoms with Crippen LogP contribution in [0.15, 0.2) is 59.0 Å². The van der Waals surface area contributed by atoms with Crippen molar-refractivity contribution in [2.45, 2.75) is 32.6 Å². The first-order chi connectivity index (χ1) is 11.6. The van der Waals surface area contributed by atoms with Gasteiger partial charge in [-0.2, -0.15) is 0 Å². The Kier molecular flexibility index (Phi) is 2.60. The molecule has 1 aliphatic carbocycles. The summed E-state index contributed by atoms with van der Waals surface area (Å²) in [6, 6.07) is 19.9. The molecule has 0 bridgehead atoms. The third kappa shape index (κ3) is 1.65. The second-order valence-corrected chi connectivity index (χ2v) is 7.35. The van der Waals surface area contributed by atoms with E-state index in [0.717, 1.165) is 17.6 Å². The standard InChI is InChI=1S/C23H20O/c1-4-14-9-10-21-17(11-14)18-12-16-15-7-5-6-8-19(15)23(2,3)20(16)13-22(18)24-21/h5-13H,4H2,1-3H3. The molecule has 1 heteroatoms. The molecule has 4 aromatic rings. The van der Waals surface area contributed by atoms with Crippen LogP contribution in [-0.2, 0) is 11.8 Å². The van der Waals surface area contributed by atoms with Crippen LogP contribution in [0.1, 0.15) is 37.5 Å². The molecule has 1 heterocycles. The zero-order chi connectivity index (χ0) is 16.5. The molecule has 0 amide bonds. The Morgan fingerprint density at radius 1 is 0.792 bits per heavy atom. The third-order valence-electron chi connectivity index (χ3n) is 5.65. The Labute approximate surface area is 141 Å². The molecule has 0 aliphatic heterocycles. The molecule has 0 fully saturated rings. The normalized spacial score (nSPS) is 15.0. The highest BCUT2D eigenvalue weighted by atomic mass is 16.3. The summed E-state index contributed by atoms with van der Waals surface area (Å²) < 4.78 is 6.17. The molecular formula is C23H20O. The number of benzene rings is 3. The summed E-state index contributed by atoms with van der Waals surface area (Å²) in [5.74, 6) is 0. The van der Waals surface area contributed by atoms with Gasteiger partial charge in [-0.3, -0.25) is 0 Å². The lowest BCUT2D eigenvalue weighted by molar-refractivity contribution is 0.647. The van der Waals surface area contributed by atoms with Crippen molar-refractivity contribution in [1.29, 1.82) is 0 Å². The topological polar surface area (TPSA) is 13.1 Å². The Balaban J connectivity index is 1.90. The molecule has 0 saturated heterocycles. The largest absolute Gasteiger partial charge is 0.456 e. The predicted octanol–water partition coefficient (Wildman–Crippen LogP) is 6.45. The minimum absolute atomic E-state index is 0.0215. The van der Waals surface area contributed by atoms with Crippen LogP contribution >= 0.6 is 0 Å². The summed E-state index contributed by atoms with van der Waals surface area (Å²) in [5, 5.41) is 2.46. The van der Waals surface area contributed by atoms with Crippen molar-refractivity contribution in [3.05, 3.63) is 71.3 Å². The highest BCUT2D eigenvalue weighted by Crippen LogP contribution is 2.50. The van der Waals surface area contributed by atoms with E-state index in [2.05, 4.69) is 75.4 Å². The average molecular weight is 312 g/mol. The van der Waals surface area contributed by atoms with E-state index in [1.807, 2.05) is 0 Å². The van der Waals surface area contributed by atoms with Crippen LogP contribution in [0.5, 0.6) is 0 Å². The van der Waals surface area contributed by atoms with E-state index in [1.54, 1.807) is 0 Å². The first kappa shape index (κ1) is 13.9. The van der Waals surface area contributed by atoms with Gasteiger partial charge < -0.3 is 4.42 Å². The molecule has 0 saturated carbocycles. The summed E-state index contributed by atoms with van der Waals surface area (Å²) in [6.45, 7) is 6.81. The maximum Gasteiger partial charge on any atom is 0.135 e. The van der Waals surface area contributed by atoms with E-state index in [0.29, 0.717) is 0 Å². The van der Waals surface area contributed by atoms with Gasteiger partial charge in [0.2, 0.25) is 0 Å². The molecule has 1 aliphatic rings. The molecule has 5 rings (SSSR count). The lowest BCUT2D eigenvalue weighted by Gasteiger charge is -2.21. The molecule has 0 radical (unpaired) electrons. The summed E-state index contributed by atoms with van der Waals surface area (Å²) in [5.41, 5.74) is 8.85. The van der Waals surface area contributed by atoms with Gasteiger partial charge >= 0.3 is 0 Å². The van der Waals surface area contributed by atoms with Crippen LogP contribution in [0.3, 0.4) is 0 Å². The summed E-state index contributed by atoms with van der Waals surface area (Å²) >= 11 is 0. The fourth-order valence-electron chi connectivity index (χ4n) is 4.24. The van der Waals surface area contributed by atoms with Gasteiger partial charge in [-0.05, 0) is 58.5 Å². The van der Waals surface area contributed by atoms with Gasteiger partial charge in [0, 0.05) is 16.2 Å². The number of hydrogen-bond acceptors (Lipinski definition) is 1. The summed E-state index contributed by atoms with van der Waals surface area (Å²) in [7, 11) is 0. The average Bonchev–Trinajstić information content (AvgIpc) is 3.07. The Hall–Kier alpha value is -2.54. The third-order valence-corrected chi connectivity index (χ3v) is 5.65. The molecule has 0 N–H and O–H groups in total. The summed E-state index contributed by atoms with van der Waals surface area (Å²) in [6.07, 6.45) is 1.05. The second-order valence-electron chi connectivity index (χ2n) is 7.35. The molecule has 0 atom stereocenters. The molecule has 0 spiro atoms.